The lowest BCUT2D eigenvalue weighted by molar-refractivity contribution is 0.0261. The van der Waals surface area contributed by atoms with Crippen LogP contribution in [-0.4, -0.2) is 64.9 Å². The Kier molecular flexibility index (Phi) is 5.15. The van der Waals surface area contributed by atoms with Crippen molar-refractivity contribution in [2.45, 2.75) is 64.7 Å². The van der Waals surface area contributed by atoms with Crippen LogP contribution in [0.3, 0.4) is 0 Å². The number of amides is 1. The van der Waals surface area contributed by atoms with E-state index < -0.39 is 5.60 Å². The van der Waals surface area contributed by atoms with Crippen LogP contribution >= 0.6 is 0 Å². The molecule has 5 nitrogen and oxygen atoms in total. The van der Waals surface area contributed by atoms with E-state index in [1.807, 2.05) is 32.6 Å². The number of hydrogen-bond donors (Lipinski definition) is 1. The summed E-state index contributed by atoms with van der Waals surface area (Å²) in [7, 11) is 0. The highest BCUT2D eigenvalue weighted by molar-refractivity contribution is 5.68. The number of carbonyl (C=O) groups is 1. The van der Waals surface area contributed by atoms with E-state index in [-0.39, 0.29) is 12.2 Å². The molecule has 0 aromatic heterocycles. The summed E-state index contributed by atoms with van der Waals surface area (Å²) in [5.41, 5.74) is -0.426. The molecule has 2 saturated heterocycles. The summed E-state index contributed by atoms with van der Waals surface area (Å²) >= 11 is 0. The van der Waals surface area contributed by atoms with Gasteiger partial charge in [0, 0.05) is 19.1 Å². The molecule has 0 radical (unpaired) electrons. The minimum Gasteiger partial charge on any atom is -0.444 e. The standard InChI is InChI=1S/C16H30N2O3/c1-12(19)13-5-8-17(9-6-13)14-7-10-18(11-14)15(20)21-16(2,3)4/h12-14,19H,5-11H2,1-4H3. The average Bonchev–Trinajstić information content (AvgIpc) is 2.86. The molecule has 5 heteroatoms. The van der Waals surface area contributed by atoms with Gasteiger partial charge in [0.25, 0.3) is 0 Å². The van der Waals surface area contributed by atoms with Crippen LogP contribution in [0, 0.1) is 5.92 Å². The van der Waals surface area contributed by atoms with E-state index in [9.17, 15) is 9.90 Å². The largest absolute Gasteiger partial charge is 0.444 e. The quantitative estimate of drug-likeness (QED) is 0.848. The van der Waals surface area contributed by atoms with Crippen molar-refractivity contribution in [1.29, 1.82) is 0 Å². The van der Waals surface area contributed by atoms with Crippen LogP contribution in [0.25, 0.3) is 0 Å². The van der Waals surface area contributed by atoms with Crippen LogP contribution in [-0.2, 0) is 4.74 Å². The first kappa shape index (κ1) is 16.6. The first-order chi connectivity index (χ1) is 9.76. The van der Waals surface area contributed by atoms with Crippen LogP contribution in [0.2, 0.25) is 0 Å². The first-order valence-corrected chi connectivity index (χ1v) is 8.16. The van der Waals surface area contributed by atoms with E-state index in [0.29, 0.717) is 12.0 Å². The molecular weight excluding hydrogens is 268 g/mol. The number of carbonyl (C=O) groups excluding carboxylic acids is 1. The van der Waals surface area contributed by atoms with Crippen molar-refractivity contribution >= 4 is 6.09 Å². The Balaban J connectivity index is 1.79. The molecule has 122 valence electrons. The van der Waals surface area contributed by atoms with Gasteiger partial charge in [-0.1, -0.05) is 0 Å². The van der Waals surface area contributed by atoms with Crippen molar-refractivity contribution in [3.05, 3.63) is 0 Å². The summed E-state index contributed by atoms with van der Waals surface area (Å²) in [5.74, 6) is 0.435. The molecule has 1 N–H and O–H groups in total. The van der Waals surface area contributed by atoms with Crippen LogP contribution in [0.4, 0.5) is 4.79 Å². The minimum atomic E-state index is -0.426. The van der Waals surface area contributed by atoms with Crippen molar-refractivity contribution in [3.8, 4) is 0 Å². The second-order valence-corrected chi connectivity index (χ2v) is 7.48. The third-order valence-electron chi connectivity index (χ3n) is 4.59. The predicted molar refractivity (Wildman–Crippen MR) is 82.2 cm³/mol. The molecular formula is C16H30N2O3. The van der Waals surface area contributed by atoms with E-state index in [4.69, 9.17) is 4.74 Å². The highest BCUT2D eigenvalue weighted by Gasteiger charge is 2.34. The smallest absolute Gasteiger partial charge is 0.410 e. The molecule has 2 atom stereocenters. The van der Waals surface area contributed by atoms with Gasteiger partial charge in [0.2, 0.25) is 0 Å². The van der Waals surface area contributed by atoms with Gasteiger partial charge in [0.15, 0.2) is 0 Å². The van der Waals surface area contributed by atoms with Crippen LogP contribution in [0.5, 0.6) is 0 Å². The number of hydrogen-bond acceptors (Lipinski definition) is 4. The Morgan fingerprint density at radius 3 is 2.33 bits per heavy atom. The SMILES string of the molecule is CC(O)C1CCN(C2CCN(C(=O)OC(C)(C)C)C2)CC1. The average molecular weight is 298 g/mol. The number of aliphatic hydroxyl groups is 1. The molecule has 2 aliphatic heterocycles. The van der Waals surface area contributed by atoms with E-state index in [1.165, 1.54) is 0 Å². The third kappa shape index (κ3) is 4.58. The maximum Gasteiger partial charge on any atom is 0.410 e. The maximum atomic E-state index is 12.1. The maximum absolute atomic E-state index is 12.1. The number of nitrogens with zero attached hydrogens (tertiary/aromatic N) is 2. The van der Waals surface area contributed by atoms with Crippen molar-refractivity contribution in [1.82, 2.24) is 9.80 Å². The number of aliphatic hydroxyl groups excluding tert-OH is 1. The lowest BCUT2D eigenvalue weighted by atomic mass is 9.91. The number of likely N-dealkylation sites (tertiary alicyclic amines) is 2. The highest BCUT2D eigenvalue weighted by Crippen LogP contribution is 2.26. The zero-order valence-corrected chi connectivity index (χ0v) is 13.8. The second kappa shape index (κ2) is 6.53. The van der Waals surface area contributed by atoms with Gasteiger partial charge in [0.1, 0.15) is 5.60 Å². The third-order valence-corrected chi connectivity index (χ3v) is 4.59. The minimum absolute atomic E-state index is 0.191. The molecule has 0 aliphatic carbocycles. The fraction of sp³-hybridized carbons (Fsp3) is 0.938. The molecule has 2 aliphatic rings. The van der Waals surface area contributed by atoms with Crippen molar-refractivity contribution in [2.24, 2.45) is 5.92 Å². The number of rotatable bonds is 2. The van der Waals surface area contributed by atoms with Gasteiger partial charge >= 0.3 is 6.09 Å². The molecule has 2 rings (SSSR count). The molecule has 2 fully saturated rings. The summed E-state index contributed by atoms with van der Waals surface area (Å²) < 4.78 is 5.44. The van der Waals surface area contributed by atoms with Crippen molar-refractivity contribution in [2.75, 3.05) is 26.2 Å². The Labute approximate surface area is 128 Å². The van der Waals surface area contributed by atoms with Crippen LogP contribution in [0.1, 0.15) is 47.0 Å². The molecule has 2 unspecified atom stereocenters. The van der Waals surface area contributed by atoms with E-state index in [0.717, 1.165) is 45.4 Å². The molecule has 1 amide bonds. The number of ether oxygens (including phenoxy) is 1. The van der Waals surface area contributed by atoms with Crippen LogP contribution in [0.15, 0.2) is 0 Å². The fourth-order valence-corrected chi connectivity index (χ4v) is 3.30. The van der Waals surface area contributed by atoms with Gasteiger partial charge in [-0.15, -0.1) is 0 Å². The fourth-order valence-electron chi connectivity index (χ4n) is 3.30. The van der Waals surface area contributed by atoms with Gasteiger partial charge in [-0.3, -0.25) is 4.90 Å². The lowest BCUT2D eigenvalue weighted by Crippen LogP contribution is -2.45. The summed E-state index contributed by atoms with van der Waals surface area (Å²) in [6.07, 6.45) is 2.75. The normalized spacial score (nSPS) is 26.9. The predicted octanol–water partition coefficient (Wildman–Crippen LogP) is 2.09. The summed E-state index contributed by atoms with van der Waals surface area (Å²) in [4.78, 5) is 16.4. The second-order valence-electron chi connectivity index (χ2n) is 7.48. The molecule has 0 saturated carbocycles. The van der Waals surface area contributed by atoms with E-state index in [1.54, 1.807) is 0 Å². The summed E-state index contributed by atoms with van der Waals surface area (Å²) in [5, 5.41) is 9.66. The van der Waals surface area contributed by atoms with E-state index in [2.05, 4.69) is 4.90 Å². The Bertz CT molecular complexity index is 357. The Hall–Kier alpha value is -0.810. The molecule has 0 aromatic carbocycles. The molecule has 0 aromatic rings. The molecule has 2 heterocycles. The summed E-state index contributed by atoms with van der Waals surface area (Å²) in [6.45, 7) is 11.2. The Morgan fingerprint density at radius 2 is 1.81 bits per heavy atom. The number of piperidine rings is 1. The van der Waals surface area contributed by atoms with Gasteiger partial charge in [-0.2, -0.15) is 0 Å². The van der Waals surface area contributed by atoms with Gasteiger partial charge in [-0.25, -0.2) is 4.79 Å². The summed E-state index contributed by atoms with van der Waals surface area (Å²) in [6, 6.07) is 0.451. The zero-order chi connectivity index (χ0) is 15.6. The van der Waals surface area contributed by atoms with Crippen molar-refractivity contribution < 1.29 is 14.6 Å². The molecule has 21 heavy (non-hydrogen) atoms. The molecule has 0 bridgehead atoms. The lowest BCUT2D eigenvalue weighted by Gasteiger charge is -2.36. The molecule has 0 spiro atoms. The topological polar surface area (TPSA) is 53.0 Å². The van der Waals surface area contributed by atoms with Gasteiger partial charge in [-0.05, 0) is 66.0 Å². The first-order valence-electron chi connectivity index (χ1n) is 8.16. The van der Waals surface area contributed by atoms with Crippen LogP contribution < -0.4 is 0 Å². The van der Waals surface area contributed by atoms with Crippen molar-refractivity contribution in [3.63, 3.8) is 0 Å². The van der Waals surface area contributed by atoms with E-state index >= 15 is 0 Å². The van der Waals surface area contributed by atoms with Gasteiger partial charge in [0.05, 0.1) is 6.10 Å². The monoisotopic (exact) mass is 298 g/mol. The zero-order valence-electron chi connectivity index (χ0n) is 13.8. The highest BCUT2D eigenvalue weighted by atomic mass is 16.6. The Morgan fingerprint density at radius 1 is 1.19 bits per heavy atom. The van der Waals surface area contributed by atoms with Gasteiger partial charge < -0.3 is 14.7 Å².